The molecule has 1 fully saturated rings. The van der Waals surface area contributed by atoms with Crippen molar-refractivity contribution in [1.82, 2.24) is 4.90 Å². The highest BCUT2D eigenvalue weighted by Gasteiger charge is 2.36. The van der Waals surface area contributed by atoms with E-state index < -0.39 is 11.9 Å². The Morgan fingerprint density at radius 1 is 1.36 bits per heavy atom. The van der Waals surface area contributed by atoms with Gasteiger partial charge in [-0.1, -0.05) is 18.5 Å². The summed E-state index contributed by atoms with van der Waals surface area (Å²) in [7, 11) is 0. The molecule has 1 heterocycles. The number of hydrogen-bond donors (Lipinski definition) is 1. The number of thioether (sulfide) groups is 1. The third-order valence-electron chi connectivity index (χ3n) is 3.36. The average molecular weight is 341 g/mol. The predicted octanol–water partition coefficient (Wildman–Crippen LogP) is 2.93. The number of nitrogens with one attached hydrogen (secondary N) is 1. The first-order valence-corrected chi connectivity index (χ1v) is 8.38. The molecule has 0 aliphatic carbocycles. The third kappa shape index (κ3) is 3.62. The van der Waals surface area contributed by atoms with Crippen LogP contribution in [-0.4, -0.2) is 34.4 Å². The van der Waals surface area contributed by atoms with Crippen molar-refractivity contribution in [1.29, 1.82) is 0 Å². The Morgan fingerprint density at radius 2 is 2.00 bits per heavy atom. The summed E-state index contributed by atoms with van der Waals surface area (Å²) < 4.78 is 0. The van der Waals surface area contributed by atoms with Crippen molar-refractivity contribution in [3.8, 4) is 0 Å². The summed E-state index contributed by atoms with van der Waals surface area (Å²) in [5.41, 5.74) is 0.593. The largest absolute Gasteiger partial charge is 0.323 e. The SMILES string of the molecule is CCSc1ccc(Cl)cc1NC(=O)C(C)N1C(=O)CCC1=O. The van der Waals surface area contributed by atoms with Gasteiger partial charge in [0.15, 0.2) is 0 Å². The van der Waals surface area contributed by atoms with Crippen molar-refractivity contribution in [2.75, 3.05) is 11.1 Å². The molecule has 0 radical (unpaired) electrons. The van der Waals surface area contributed by atoms with Crippen LogP contribution in [0.2, 0.25) is 5.02 Å². The lowest BCUT2D eigenvalue weighted by molar-refractivity contribution is -0.144. The molecule has 118 valence electrons. The van der Waals surface area contributed by atoms with Gasteiger partial charge in [0.05, 0.1) is 5.69 Å². The highest BCUT2D eigenvalue weighted by molar-refractivity contribution is 7.99. The lowest BCUT2D eigenvalue weighted by Gasteiger charge is -2.22. The molecule has 0 aromatic heterocycles. The van der Waals surface area contributed by atoms with Crippen LogP contribution in [0.5, 0.6) is 0 Å². The highest BCUT2D eigenvalue weighted by atomic mass is 35.5. The minimum absolute atomic E-state index is 0.171. The second-order valence-corrected chi connectivity index (χ2v) is 6.64. The van der Waals surface area contributed by atoms with Gasteiger partial charge in [0.1, 0.15) is 6.04 Å². The number of anilines is 1. The molecule has 1 aliphatic rings. The molecule has 1 N–H and O–H groups in total. The van der Waals surface area contributed by atoms with E-state index in [1.54, 1.807) is 30.8 Å². The van der Waals surface area contributed by atoms with Crippen molar-refractivity contribution in [3.05, 3.63) is 23.2 Å². The lowest BCUT2D eigenvalue weighted by Crippen LogP contribution is -2.45. The monoisotopic (exact) mass is 340 g/mol. The van der Waals surface area contributed by atoms with Gasteiger partial charge >= 0.3 is 0 Å². The fraction of sp³-hybridized carbons (Fsp3) is 0.400. The van der Waals surface area contributed by atoms with E-state index in [0.717, 1.165) is 15.5 Å². The van der Waals surface area contributed by atoms with Crippen LogP contribution in [0.3, 0.4) is 0 Å². The smallest absolute Gasteiger partial charge is 0.247 e. The fourth-order valence-electron chi connectivity index (χ4n) is 2.26. The van der Waals surface area contributed by atoms with Crippen LogP contribution in [0.15, 0.2) is 23.1 Å². The molecular weight excluding hydrogens is 324 g/mol. The van der Waals surface area contributed by atoms with Gasteiger partial charge < -0.3 is 5.32 Å². The van der Waals surface area contributed by atoms with Crippen LogP contribution in [-0.2, 0) is 14.4 Å². The first-order chi connectivity index (χ1) is 10.4. The molecule has 3 amide bonds. The van der Waals surface area contributed by atoms with Gasteiger partial charge in [-0.05, 0) is 30.9 Å². The minimum atomic E-state index is -0.832. The summed E-state index contributed by atoms with van der Waals surface area (Å²) in [4.78, 5) is 37.7. The Morgan fingerprint density at radius 3 is 2.59 bits per heavy atom. The number of nitrogens with zero attached hydrogens (tertiary/aromatic N) is 1. The minimum Gasteiger partial charge on any atom is -0.323 e. The standard InChI is InChI=1S/C15H17ClN2O3S/c1-3-22-12-5-4-10(16)8-11(12)17-15(21)9(2)18-13(19)6-7-14(18)20/h4-5,8-9H,3,6-7H2,1-2H3,(H,17,21). The van der Waals surface area contributed by atoms with Crippen LogP contribution < -0.4 is 5.32 Å². The van der Waals surface area contributed by atoms with Crippen molar-refractivity contribution in [2.24, 2.45) is 0 Å². The van der Waals surface area contributed by atoms with E-state index in [-0.39, 0.29) is 24.7 Å². The highest BCUT2D eigenvalue weighted by Crippen LogP contribution is 2.30. The zero-order valence-corrected chi connectivity index (χ0v) is 14.0. The third-order valence-corrected chi connectivity index (χ3v) is 4.55. The van der Waals surface area contributed by atoms with Gasteiger partial charge in [0.25, 0.3) is 0 Å². The maximum atomic E-state index is 12.3. The van der Waals surface area contributed by atoms with Gasteiger partial charge in [0, 0.05) is 22.8 Å². The molecule has 0 spiro atoms. The summed E-state index contributed by atoms with van der Waals surface area (Å²) in [6, 6.07) is 4.42. The number of carbonyl (C=O) groups excluding carboxylic acids is 3. The van der Waals surface area contributed by atoms with Crippen molar-refractivity contribution >= 4 is 46.8 Å². The van der Waals surface area contributed by atoms with Gasteiger partial charge in [-0.15, -0.1) is 11.8 Å². The number of hydrogen-bond acceptors (Lipinski definition) is 4. The van der Waals surface area contributed by atoms with Crippen LogP contribution in [0, 0.1) is 0 Å². The molecule has 1 atom stereocenters. The number of likely N-dealkylation sites (tertiary alicyclic amines) is 1. The van der Waals surface area contributed by atoms with Gasteiger partial charge in [-0.25, -0.2) is 0 Å². The Balaban J connectivity index is 2.16. The molecule has 1 aliphatic heterocycles. The summed E-state index contributed by atoms with van der Waals surface area (Å²) in [5, 5.41) is 3.27. The number of benzene rings is 1. The van der Waals surface area contributed by atoms with Crippen LogP contribution in [0.4, 0.5) is 5.69 Å². The Hall–Kier alpha value is -1.53. The molecule has 1 aromatic rings. The van der Waals surface area contributed by atoms with E-state index in [1.807, 2.05) is 13.0 Å². The first kappa shape index (κ1) is 16.8. The Labute approximate surface area is 138 Å². The van der Waals surface area contributed by atoms with Crippen molar-refractivity contribution < 1.29 is 14.4 Å². The summed E-state index contributed by atoms with van der Waals surface area (Å²) in [5.74, 6) is -0.156. The van der Waals surface area contributed by atoms with Gasteiger partial charge in [-0.3, -0.25) is 19.3 Å². The normalized spacial score (nSPS) is 16.0. The Kier molecular flexibility index (Phi) is 5.47. The quantitative estimate of drug-likeness (QED) is 0.661. The number of carbonyl (C=O) groups is 3. The molecule has 0 bridgehead atoms. The average Bonchev–Trinajstić information content (AvgIpc) is 2.80. The fourth-order valence-corrected chi connectivity index (χ4v) is 3.17. The van der Waals surface area contributed by atoms with Crippen LogP contribution >= 0.6 is 23.4 Å². The number of rotatable bonds is 5. The van der Waals surface area contributed by atoms with Crippen LogP contribution in [0.25, 0.3) is 0 Å². The van der Waals surface area contributed by atoms with E-state index in [2.05, 4.69) is 5.32 Å². The summed E-state index contributed by atoms with van der Waals surface area (Å²) in [6.07, 6.45) is 0.342. The van der Waals surface area contributed by atoms with E-state index in [1.165, 1.54) is 0 Å². The van der Waals surface area contributed by atoms with Gasteiger partial charge in [0.2, 0.25) is 17.7 Å². The maximum absolute atomic E-state index is 12.3. The van der Waals surface area contributed by atoms with Gasteiger partial charge in [-0.2, -0.15) is 0 Å². The molecular formula is C15H17ClN2O3S. The molecule has 0 saturated carbocycles. The molecule has 7 heteroatoms. The number of amides is 3. The number of imide groups is 1. The Bertz CT molecular complexity index is 605. The molecule has 22 heavy (non-hydrogen) atoms. The van der Waals surface area contributed by atoms with E-state index in [9.17, 15) is 14.4 Å². The second-order valence-electron chi connectivity index (χ2n) is 4.90. The molecule has 2 rings (SSSR count). The maximum Gasteiger partial charge on any atom is 0.247 e. The van der Waals surface area contributed by atoms with E-state index >= 15 is 0 Å². The molecule has 1 aromatic carbocycles. The van der Waals surface area contributed by atoms with E-state index in [0.29, 0.717) is 10.7 Å². The molecule has 1 unspecified atom stereocenters. The second kappa shape index (κ2) is 7.15. The van der Waals surface area contributed by atoms with Crippen LogP contribution in [0.1, 0.15) is 26.7 Å². The zero-order valence-electron chi connectivity index (χ0n) is 12.4. The first-order valence-electron chi connectivity index (χ1n) is 7.02. The summed E-state index contributed by atoms with van der Waals surface area (Å²) in [6.45, 7) is 3.56. The van der Waals surface area contributed by atoms with E-state index in [4.69, 9.17) is 11.6 Å². The zero-order chi connectivity index (χ0) is 16.3. The van der Waals surface area contributed by atoms with Crippen molar-refractivity contribution in [2.45, 2.75) is 37.6 Å². The summed E-state index contributed by atoms with van der Waals surface area (Å²) >= 11 is 7.55. The molecule has 1 saturated heterocycles. The topological polar surface area (TPSA) is 66.5 Å². The predicted molar refractivity (Wildman–Crippen MR) is 87.0 cm³/mol. The van der Waals surface area contributed by atoms with Crippen molar-refractivity contribution in [3.63, 3.8) is 0 Å². The number of halogens is 1. The lowest BCUT2D eigenvalue weighted by atomic mass is 10.2. The molecule has 5 nitrogen and oxygen atoms in total.